The number of carbonyl (C=O) groups is 1. The Morgan fingerprint density at radius 1 is 1.40 bits per heavy atom. The van der Waals surface area contributed by atoms with Gasteiger partial charge in [0.2, 0.25) is 0 Å². The van der Waals surface area contributed by atoms with E-state index >= 15 is 0 Å². The smallest absolute Gasteiger partial charge is 0.339 e. The Morgan fingerprint density at radius 2 is 2.25 bits per heavy atom. The lowest BCUT2D eigenvalue weighted by Crippen LogP contribution is -2.21. The fourth-order valence-corrected chi connectivity index (χ4v) is 2.66. The minimum absolute atomic E-state index is 0.159. The normalized spacial score (nSPS) is 16.9. The Labute approximate surface area is 116 Å². The highest BCUT2D eigenvalue weighted by Gasteiger charge is 2.22. The van der Waals surface area contributed by atoms with Crippen LogP contribution < -0.4 is 5.32 Å². The number of carboxylic acid groups (broad SMARTS) is 1. The predicted molar refractivity (Wildman–Crippen MR) is 73.3 cm³/mol. The summed E-state index contributed by atoms with van der Waals surface area (Å²) in [5.41, 5.74) is 3.35. The number of nitrogens with one attached hydrogen (secondary N) is 1. The molecule has 102 valence electrons. The molecule has 1 aliphatic carbocycles. The molecule has 0 spiro atoms. The van der Waals surface area contributed by atoms with Gasteiger partial charge < -0.3 is 10.4 Å². The lowest BCUT2D eigenvalue weighted by atomic mass is 10.1. The van der Waals surface area contributed by atoms with Gasteiger partial charge in [0.05, 0.1) is 5.69 Å². The summed E-state index contributed by atoms with van der Waals surface area (Å²) < 4.78 is 0. The van der Waals surface area contributed by atoms with Crippen molar-refractivity contribution in [3.05, 3.63) is 59.2 Å². The molecule has 0 saturated carbocycles. The van der Waals surface area contributed by atoms with Crippen molar-refractivity contribution in [1.82, 2.24) is 15.3 Å². The number of nitrogens with zero attached hydrogens (tertiary/aromatic N) is 2. The van der Waals surface area contributed by atoms with Crippen molar-refractivity contribution in [2.45, 2.75) is 25.4 Å². The van der Waals surface area contributed by atoms with Gasteiger partial charge in [-0.1, -0.05) is 24.3 Å². The van der Waals surface area contributed by atoms with E-state index in [4.69, 9.17) is 5.11 Å². The second-order valence-electron chi connectivity index (χ2n) is 4.86. The summed E-state index contributed by atoms with van der Waals surface area (Å²) in [5, 5.41) is 12.5. The molecule has 0 fully saturated rings. The van der Waals surface area contributed by atoms with Crippen LogP contribution in [0, 0.1) is 0 Å². The van der Waals surface area contributed by atoms with Gasteiger partial charge in [-0.25, -0.2) is 14.8 Å². The molecule has 1 heterocycles. The third-order valence-electron chi connectivity index (χ3n) is 3.67. The fourth-order valence-electron chi connectivity index (χ4n) is 2.66. The average molecular weight is 269 g/mol. The third-order valence-corrected chi connectivity index (χ3v) is 3.67. The molecule has 0 amide bonds. The van der Waals surface area contributed by atoms with Gasteiger partial charge in [0.15, 0.2) is 0 Å². The van der Waals surface area contributed by atoms with Crippen LogP contribution in [-0.2, 0) is 13.0 Å². The topological polar surface area (TPSA) is 75.1 Å². The Bertz CT molecular complexity index is 643. The molecule has 1 aromatic carbocycles. The lowest BCUT2D eigenvalue weighted by molar-refractivity contribution is 0.0694. The number of hydrogen-bond donors (Lipinski definition) is 2. The minimum atomic E-state index is -0.991. The molecule has 3 rings (SSSR count). The summed E-state index contributed by atoms with van der Waals surface area (Å²) >= 11 is 0. The monoisotopic (exact) mass is 269 g/mol. The zero-order valence-corrected chi connectivity index (χ0v) is 10.9. The molecular formula is C15H15N3O2. The van der Waals surface area contributed by atoms with Crippen LogP contribution in [0.25, 0.3) is 0 Å². The van der Waals surface area contributed by atoms with Crippen LogP contribution in [0.3, 0.4) is 0 Å². The van der Waals surface area contributed by atoms with Crippen molar-refractivity contribution in [2.75, 3.05) is 0 Å². The molecule has 1 atom stereocenters. The maximum absolute atomic E-state index is 11.1. The second-order valence-corrected chi connectivity index (χ2v) is 4.86. The summed E-state index contributed by atoms with van der Waals surface area (Å²) in [6.45, 7) is 0.434. The van der Waals surface area contributed by atoms with Gasteiger partial charge in [-0.2, -0.15) is 0 Å². The van der Waals surface area contributed by atoms with Crippen LogP contribution in [0.5, 0.6) is 0 Å². The molecule has 1 aromatic heterocycles. The summed E-state index contributed by atoms with van der Waals surface area (Å²) in [5.74, 6) is -0.991. The molecular weight excluding hydrogens is 254 g/mol. The SMILES string of the molecule is O=C(O)c1cncnc1CNC1CCc2ccccc21. The van der Waals surface area contributed by atoms with Crippen molar-refractivity contribution in [1.29, 1.82) is 0 Å². The molecule has 0 radical (unpaired) electrons. The molecule has 0 bridgehead atoms. The molecule has 5 nitrogen and oxygen atoms in total. The standard InChI is InChI=1S/C15H15N3O2/c19-15(20)12-7-16-9-18-14(12)8-17-13-6-5-10-3-1-2-4-11(10)13/h1-4,7,9,13,17H,5-6,8H2,(H,19,20). The molecule has 0 saturated heterocycles. The van der Waals surface area contributed by atoms with Crippen molar-refractivity contribution >= 4 is 5.97 Å². The van der Waals surface area contributed by atoms with E-state index in [0.29, 0.717) is 12.2 Å². The van der Waals surface area contributed by atoms with Crippen LogP contribution >= 0.6 is 0 Å². The van der Waals surface area contributed by atoms with E-state index in [1.54, 1.807) is 0 Å². The Morgan fingerprint density at radius 3 is 3.10 bits per heavy atom. The maximum atomic E-state index is 11.1. The highest BCUT2D eigenvalue weighted by molar-refractivity contribution is 5.88. The molecule has 2 aromatic rings. The summed E-state index contributed by atoms with van der Waals surface area (Å²) in [7, 11) is 0. The van der Waals surface area contributed by atoms with Gasteiger partial charge in [0, 0.05) is 18.8 Å². The van der Waals surface area contributed by atoms with Gasteiger partial charge in [-0.15, -0.1) is 0 Å². The fraction of sp³-hybridized carbons (Fsp3) is 0.267. The number of benzene rings is 1. The van der Waals surface area contributed by atoms with Gasteiger partial charge >= 0.3 is 5.97 Å². The van der Waals surface area contributed by atoms with Gasteiger partial charge in [-0.05, 0) is 24.0 Å². The first-order chi connectivity index (χ1) is 9.75. The quantitative estimate of drug-likeness (QED) is 0.887. The minimum Gasteiger partial charge on any atom is -0.478 e. The highest BCUT2D eigenvalue weighted by Crippen LogP contribution is 2.30. The third kappa shape index (κ3) is 2.40. The Hall–Kier alpha value is -2.27. The van der Waals surface area contributed by atoms with Crippen molar-refractivity contribution in [3.63, 3.8) is 0 Å². The summed E-state index contributed by atoms with van der Waals surface area (Å²) in [4.78, 5) is 18.9. The predicted octanol–water partition coefficient (Wildman–Crippen LogP) is 1.95. The van der Waals surface area contributed by atoms with E-state index in [0.717, 1.165) is 12.8 Å². The molecule has 20 heavy (non-hydrogen) atoms. The maximum Gasteiger partial charge on any atom is 0.339 e. The zero-order chi connectivity index (χ0) is 13.9. The molecule has 2 N–H and O–H groups in total. The average Bonchev–Trinajstić information content (AvgIpc) is 2.88. The lowest BCUT2D eigenvalue weighted by Gasteiger charge is -2.14. The number of aromatic nitrogens is 2. The zero-order valence-electron chi connectivity index (χ0n) is 10.9. The van der Waals surface area contributed by atoms with Crippen molar-refractivity contribution in [2.24, 2.45) is 0 Å². The summed E-state index contributed by atoms with van der Waals surface area (Å²) in [6, 6.07) is 8.62. The molecule has 1 aliphatic rings. The van der Waals surface area contributed by atoms with Gasteiger partial charge in [0.1, 0.15) is 11.9 Å². The molecule has 5 heteroatoms. The number of aryl methyl sites for hydroxylation is 1. The van der Waals surface area contributed by atoms with E-state index in [1.807, 2.05) is 12.1 Å². The number of fused-ring (bicyclic) bond motifs is 1. The van der Waals surface area contributed by atoms with Crippen molar-refractivity contribution < 1.29 is 9.90 Å². The number of hydrogen-bond acceptors (Lipinski definition) is 4. The van der Waals surface area contributed by atoms with E-state index in [2.05, 4.69) is 27.4 Å². The Balaban J connectivity index is 1.74. The van der Waals surface area contributed by atoms with Gasteiger partial charge in [-0.3, -0.25) is 0 Å². The number of carboxylic acids is 1. The van der Waals surface area contributed by atoms with Crippen molar-refractivity contribution in [3.8, 4) is 0 Å². The number of aromatic carboxylic acids is 1. The Kier molecular flexibility index (Phi) is 3.43. The van der Waals surface area contributed by atoms with Crippen LogP contribution in [0.4, 0.5) is 0 Å². The number of rotatable bonds is 4. The van der Waals surface area contributed by atoms with E-state index < -0.39 is 5.97 Å². The van der Waals surface area contributed by atoms with E-state index in [9.17, 15) is 4.79 Å². The highest BCUT2D eigenvalue weighted by atomic mass is 16.4. The van der Waals surface area contributed by atoms with Crippen LogP contribution in [0.15, 0.2) is 36.8 Å². The van der Waals surface area contributed by atoms with E-state index in [-0.39, 0.29) is 11.6 Å². The van der Waals surface area contributed by atoms with Crippen LogP contribution in [0.2, 0.25) is 0 Å². The first-order valence-electron chi connectivity index (χ1n) is 6.59. The second kappa shape index (κ2) is 5.38. The van der Waals surface area contributed by atoms with Crippen LogP contribution in [-0.4, -0.2) is 21.0 Å². The van der Waals surface area contributed by atoms with Gasteiger partial charge in [0.25, 0.3) is 0 Å². The molecule has 1 unspecified atom stereocenters. The first kappa shape index (κ1) is 12.7. The van der Waals surface area contributed by atoms with E-state index in [1.165, 1.54) is 23.7 Å². The molecule has 0 aliphatic heterocycles. The largest absolute Gasteiger partial charge is 0.478 e. The first-order valence-corrected chi connectivity index (χ1v) is 6.59. The van der Waals surface area contributed by atoms with Crippen LogP contribution in [0.1, 0.15) is 39.6 Å². The summed E-state index contributed by atoms with van der Waals surface area (Å²) in [6.07, 6.45) is 4.82.